The predicted molar refractivity (Wildman–Crippen MR) is 61.8 cm³/mol. The van der Waals surface area contributed by atoms with Crippen molar-refractivity contribution in [1.82, 2.24) is 9.55 Å². The quantitative estimate of drug-likeness (QED) is 0.594. The number of aryl methyl sites for hydroxylation is 1. The molecule has 0 amide bonds. The van der Waals surface area contributed by atoms with Crippen LogP contribution >= 0.6 is 8.25 Å². The van der Waals surface area contributed by atoms with Crippen LogP contribution in [0.2, 0.25) is 0 Å². The lowest BCUT2D eigenvalue weighted by molar-refractivity contribution is -0.00917. The van der Waals surface area contributed by atoms with E-state index in [-0.39, 0.29) is 12.2 Å². The van der Waals surface area contributed by atoms with E-state index in [1.807, 2.05) is 0 Å². The van der Waals surface area contributed by atoms with Crippen LogP contribution in [0.1, 0.15) is 11.8 Å². The summed E-state index contributed by atoms with van der Waals surface area (Å²) in [5.74, 6) is 0. The molecule has 1 aliphatic rings. The minimum absolute atomic E-state index is 0.150. The van der Waals surface area contributed by atoms with Gasteiger partial charge in [0.15, 0.2) is 12.3 Å². The zero-order valence-corrected chi connectivity index (χ0v) is 10.7. The lowest BCUT2D eigenvalue weighted by Crippen LogP contribution is -2.38. The van der Waals surface area contributed by atoms with Crippen LogP contribution in [0.15, 0.2) is 15.8 Å². The summed E-state index contributed by atoms with van der Waals surface area (Å²) >= 11 is 0. The molecule has 1 aromatic rings. The Balaban J connectivity index is 2.40. The van der Waals surface area contributed by atoms with Crippen molar-refractivity contribution in [2.24, 2.45) is 0 Å². The van der Waals surface area contributed by atoms with Crippen LogP contribution in [-0.2, 0) is 13.8 Å². The fourth-order valence-electron chi connectivity index (χ4n) is 1.82. The van der Waals surface area contributed by atoms with Crippen molar-refractivity contribution in [3.8, 4) is 0 Å². The van der Waals surface area contributed by atoms with Crippen LogP contribution in [0.4, 0.5) is 0 Å². The fraction of sp³-hybridized carbons (Fsp3) is 0.556. The van der Waals surface area contributed by atoms with E-state index in [0.29, 0.717) is 0 Å². The summed E-state index contributed by atoms with van der Waals surface area (Å²) in [7, 11) is -2.96. The molecular formula is C9H12N2O7P+. The van der Waals surface area contributed by atoms with Gasteiger partial charge in [-0.05, 0) is 6.92 Å². The van der Waals surface area contributed by atoms with Gasteiger partial charge in [-0.1, -0.05) is 0 Å². The molecule has 19 heavy (non-hydrogen) atoms. The summed E-state index contributed by atoms with van der Waals surface area (Å²) in [6, 6.07) is 0. The number of rotatable bonds is 3. The Labute approximate surface area is 107 Å². The average molecular weight is 291 g/mol. The summed E-state index contributed by atoms with van der Waals surface area (Å²) < 4.78 is 21.5. The molecule has 0 bridgehead atoms. The summed E-state index contributed by atoms with van der Waals surface area (Å²) in [4.78, 5) is 33.7. The Morgan fingerprint density at radius 1 is 1.58 bits per heavy atom. The van der Waals surface area contributed by atoms with Gasteiger partial charge in [0, 0.05) is 16.3 Å². The molecule has 1 fully saturated rings. The molecule has 2 rings (SSSR count). The zero-order valence-electron chi connectivity index (χ0n) is 9.85. The second-order valence-corrected chi connectivity index (χ2v) is 4.76. The number of nitrogens with zero attached hydrogens (tertiary/aromatic N) is 1. The van der Waals surface area contributed by atoms with Crippen LogP contribution in [0, 0.1) is 6.92 Å². The first kappa shape index (κ1) is 14.0. The molecule has 1 saturated heterocycles. The molecule has 104 valence electrons. The van der Waals surface area contributed by atoms with E-state index < -0.39 is 37.9 Å². The highest BCUT2D eigenvalue weighted by atomic mass is 31.1. The van der Waals surface area contributed by atoms with Gasteiger partial charge in [-0.15, -0.1) is 9.42 Å². The van der Waals surface area contributed by atoms with Gasteiger partial charge in [-0.25, -0.2) is 4.79 Å². The van der Waals surface area contributed by atoms with Gasteiger partial charge in [0.1, 0.15) is 6.10 Å². The number of H-pyrrole nitrogens is 1. The molecular weight excluding hydrogens is 279 g/mol. The zero-order chi connectivity index (χ0) is 14.2. The Bertz CT molecular complexity index is 609. The van der Waals surface area contributed by atoms with Gasteiger partial charge >= 0.3 is 13.9 Å². The van der Waals surface area contributed by atoms with E-state index in [2.05, 4.69) is 9.51 Å². The minimum Gasteiger partial charge on any atom is -0.388 e. The number of nitrogens with one attached hydrogen (secondary N) is 1. The van der Waals surface area contributed by atoms with Crippen LogP contribution < -0.4 is 11.2 Å². The standard InChI is InChI=1S/C9H11N2O7P/c1-4-2-11(9(14)10-7(4)13)8-6(18-19(15)16)5(12)3-17-8/h2,5-6,8,12H,3H2,1H3,(H-,10,13,14,15,16)/p+1/t5-,6?,8-/m1/s1. The first-order chi connectivity index (χ1) is 8.90. The fourth-order valence-corrected chi connectivity index (χ4v) is 2.27. The Hall–Kier alpha value is -1.38. The van der Waals surface area contributed by atoms with Crippen LogP contribution in [0.3, 0.4) is 0 Å². The normalized spacial score (nSPS) is 27.5. The van der Waals surface area contributed by atoms with Crippen molar-refractivity contribution in [3.05, 3.63) is 32.6 Å². The highest BCUT2D eigenvalue weighted by Crippen LogP contribution is 2.32. The van der Waals surface area contributed by atoms with Gasteiger partial charge in [0.05, 0.1) is 6.61 Å². The predicted octanol–water partition coefficient (Wildman–Crippen LogP) is -1.23. The SMILES string of the molecule is Cc1cn([C@@H]2OC[C@@H](O)C2O[P+](=O)O)c(=O)[nH]c1=O. The highest BCUT2D eigenvalue weighted by Gasteiger charge is 2.44. The van der Waals surface area contributed by atoms with Gasteiger partial charge in [0.2, 0.25) is 0 Å². The van der Waals surface area contributed by atoms with Crippen molar-refractivity contribution in [2.75, 3.05) is 6.61 Å². The van der Waals surface area contributed by atoms with Crippen LogP contribution in [0.25, 0.3) is 0 Å². The second kappa shape index (κ2) is 5.32. The van der Waals surface area contributed by atoms with Crippen LogP contribution in [-0.4, -0.2) is 38.4 Å². The molecule has 4 atom stereocenters. The van der Waals surface area contributed by atoms with E-state index in [1.54, 1.807) is 0 Å². The summed E-state index contributed by atoms with van der Waals surface area (Å²) in [5, 5.41) is 9.61. The van der Waals surface area contributed by atoms with Gasteiger partial charge in [-0.3, -0.25) is 14.3 Å². The molecule has 0 aliphatic carbocycles. The first-order valence-electron chi connectivity index (χ1n) is 5.35. The lowest BCUT2D eigenvalue weighted by atomic mass is 10.2. The third-order valence-corrected chi connectivity index (χ3v) is 3.15. The number of ether oxygens (including phenoxy) is 1. The molecule has 0 saturated carbocycles. The molecule has 0 aromatic carbocycles. The second-order valence-electron chi connectivity index (χ2n) is 4.08. The van der Waals surface area contributed by atoms with E-state index in [0.717, 1.165) is 4.57 Å². The number of hydrogen-bond donors (Lipinski definition) is 3. The number of aliphatic hydroxyl groups excluding tert-OH is 1. The maximum Gasteiger partial charge on any atom is 0.695 e. The molecule has 9 nitrogen and oxygen atoms in total. The molecule has 1 aliphatic heterocycles. The lowest BCUT2D eigenvalue weighted by Gasteiger charge is -2.17. The molecule has 3 N–H and O–H groups in total. The first-order valence-corrected chi connectivity index (χ1v) is 6.48. The maximum absolute atomic E-state index is 11.7. The van der Waals surface area contributed by atoms with E-state index in [1.165, 1.54) is 13.1 Å². The number of hydrogen-bond acceptors (Lipinski definition) is 6. The van der Waals surface area contributed by atoms with E-state index in [4.69, 9.17) is 9.63 Å². The summed E-state index contributed by atoms with van der Waals surface area (Å²) in [5.41, 5.74) is -1.03. The number of aliphatic hydroxyl groups is 1. The average Bonchev–Trinajstić information content (AvgIpc) is 2.65. The topological polar surface area (TPSA) is 131 Å². The third-order valence-electron chi connectivity index (χ3n) is 2.73. The molecule has 1 aromatic heterocycles. The molecule has 0 radical (unpaired) electrons. The van der Waals surface area contributed by atoms with Crippen molar-refractivity contribution in [1.29, 1.82) is 0 Å². The van der Waals surface area contributed by atoms with Crippen molar-refractivity contribution >= 4 is 8.25 Å². The molecule has 0 spiro atoms. The van der Waals surface area contributed by atoms with Gasteiger partial charge in [-0.2, -0.15) is 0 Å². The van der Waals surface area contributed by atoms with Gasteiger partial charge < -0.3 is 9.84 Å². The Morgan fingerprint density at radius 3 is 2.89 bits per heavy atom. The maximum atomic E-state index is 11.7. The Morgan fingerprint density at radius 2 is 2.26 bits per heavy atom. The van der Waals surface area contributed by atoms with Crippen molar-refractivity contribution in [2.45, 2.75) is 25.4 Å². The summed E-state index contributed by atoms with van der Waals surface area (Å²) in [6.07, 6.45) is -2.15. The van der Waals surface area contributed by atoms with Gasteiger partial charge in [0.25, 0.3) is 5.56 Å². The largest absolute Gasteiger partial charge is 0.695 e. The highest BCUT2D eigenvalue weighted by molar-refractivity contribution is 7.32. The monoisotopic (exact) mass is 291 g/mol. The van der Waals surface area contributed by atoms with Crippen LogP contribution in [0.5, 0.6) is 0 Å². The molecule has 2 unspecified atom stereocenters. The Kier molecular flexibility index (Phi) is 3.93. The molecule has 2 heterocycles. The third kappa shape index (κ3) is 2.80. The number of aromatic nitrogens is 2. The van der Waals surface area contributed by atoms with E-state index in [9.17, 15) is 19.3 Å². The van der Waals surface area contributed by atoms with Crippen molar-refractivity contribution < 1.29 is 23.8 Å². The minimum atomic E-state index is -2.96. The van der Waals surface area contributed by atoms with E-state index >= 15 is 0 Å². The molecule has 10 heteroatoms. The number of aromatic amines is 1. The summed E-state index contributed by atoms with van der Waals surface area (Å²) in [6.45, 7) is 1.34. The smallest absolute Gasteiger partial charge is 0.388 e. The van der Waals surface area contributed by atoms with Crippen molar-refractivity contribution in [3.63, 3.8) is 0 Å².